The summed E-state index contributed by atoms with van der Waals surface area (Å²) >= 11 is 5.89. The van der Waals surface area contributed by atoms with E-state index in [-0.39, 0.29) is 0 Å². The fourth-order valence-electron chi connectivity index (χ4n) is 1.33. The average Bonchev–Trinajstić information content (AvgIpc) is 2.59. The van der Waals surface area contributed by atoms with Crippen LogP contribution in [0.2, 0.25) is 5.02 Å². The molecule has 0 aliphatic carbocycles. The molecule has 0 bridgehead atoms. The van der Waals surface area contributed by atoms with Crippen molar-refractivity contribution in [3.63, 3.8) is 0 Å². The van der Waals surface area contributed by atoms with Crippen molar-refractivity contribution in [1.82, 2.24) is 14.8 Å². The highest BCUT2D eigenvalue weighted by Crippen LogP contribution is 2.21. The third-order valence-electron chi connectivity index (χ3n) is 2.09. The van der Waals surface area contributed by atoms with Crippen LogP contribution in [0.25, 0.3) is 11.4 Å². The first kappa shape index (κ1) is 9.95. The van der Waals surface area contributed by atoms with Gasteiger partial charge in [-0.05, 0) is 12.1 Å². The molecule has 2 aromatic rings. The van der Waals surface area contributed by atoms with Gasteiger partial charge < -0.3 is 0 Å². The summed E-state index contributed by atoms with van der Waals surface area (Å²) in [5, 5.41) is 8.55. The van der Waals surface area contributed by atoms with E-state index in [9.17, 15) is 0 Å². The van der Waals surface area contributed by atoms with Crippen LogP contribution in [0.3, 0.4) is 0 Å². The highest BCUT2D eigenvalue weighted by atomic mass is 35.5. The van der Waals surface area contributed by atoms with E-state index in [1.807, 2.05) is 31.3 Å². The number of rotatable bonds is 2. The maximum atomic E-state index is 5.89. The van der Waals surface area contributed by atoms with E-state index in [4.69, 9.17) is 17.4 Å². The second-order valence-electron chi connectivity index (χ2n) is 3.06. The summed E-state index contributed by atoms with van der Waals surface area (Å²) < 4.78 is 1.76. The molecule has 78 valence electrons. The summed E-state index contributed by atoms with van der Waals surface area (Å²) in [6.07, 6.45) is 0. The predicted octanol–water partition coefficient (Wildman–Crippen LogP) is 1.42. The van der Waals surface area contributed by atoms with Gasteiger partial charge in [-0.25, -0.2) is 5.84 Å². The lowest BCUT2D eigenvalue weighted by molar-refractivity contribution is 0.917. The minimum Gasteiger partial charge on any atom is -0.296 e. The van der Waals surface area contributed by atoms with Crippen molar-refractivity contribution >= 4 is 17.5 Å². The highest BCUT2D eigenvalue weighted by molar-refractivity contribution is 6.30. The number of hydrogen-bond donors (Lipinski definition) is 2. The minimum absolute atomic E-state index is 0.505. The van der Waals surface area contributed by atoms with Crippen molar-refractivity contribution in [2.24, 2.45) is 12.9 Å². The zero-order valence-corrected chi connectivity index (χ0v) is 8.86. The van der Waals surface area contributed by atoms with E-state index < -0.39 is 0 Å². The standard InChI is InChI=1S/C9H10ClN5/c1-15-8(13-14-9(15)12-11)6-3-2-4-7(10)5-6/h2-5H,11H2,1H3,(H,12,14). The second-order valence-corrected chi connectivity index (χ2v) is 3.50. The number of nitrogens with zero attached hydrogens (tertiary/aromatic N) is 3. The number of hydrogen-bond acceptors (Lipinski definition) is 4. The van der Waals surface area contributed by atoms with E-state index in [0.717, 1.165) is 5.56 Å². The van der Waals surface area contributed by atoms with Gasteiger partial charge in [0.15, 0.2) is 5.82 Å². The highest BCUT2D eigenvalue weighted by Gasteiger charge is 2.09. The second kappa shape index (κ2) is 3.88. The minimum atomic E-state index is 0.505. The third kappa shape index (κ3) is 1.79. The number of nitrogens with one attached hydrogen (secondary N) is 1. The molecule has 0 fully saturated rings. The Labute approximate surface area is 91.8 Å². The fraction of sp³-hybridized carbons (Fsp3) is 0.111. The van der Waals surface area contributed by atoms with Gasteiger partial charge in [0.2, 0.25) is 5.95 Å². The van der Waals surface area contributed by atoms with Gasteiger partial charge in [0.25, 0.3) is 0 Å². The van der Waals surface area contributed by atoms with Gasteiger partial charge in [-0.15, -0.1) is 10.2 Å². The number of aromatic nitrogens is 3. The van der Waals surface area contributed by atoms with Crippen molar-refractivity contribution in [2.75, 3.05) is 5.43 Å². The van der Waals surface area contributed by atoms with Crippen LogP contribution in [-0.4, -0.2) is 14.8 Å². The van der Waals surface area contributed by atoms with E-state index in [1.54, 1.807) is 4.57 Å². The van der Waals surface area contributed by atoms with Gasteiger partial charge in [-0.1, -0.05) is 23.7 Å². The van der Waals surface area contributed by atoms with Crippen molar-refractivity contribution < 1.29 is 0 Å². The fourth-order valence-corrected chi connectivity index (χ4v) is 1.52. The predicted molar refractivity (Wildman–Crippen MR) is 59.3 cm³/mol. The van der Waals surface area contributed by atoms with Crippen LogP contribution in [0.4, 0.5) is 5.95 Å². The molecular weight excluding hydrogens is 214 g/mol. The van der Waals surface area contributed by atoms with Gasteiger partial charge >= 0.3 is 0 Å². The van der Waals surface area contributed by atoms with E-state index in [2.05, 4.69) is 15.6 Å². The van der Waals surface area contributed by atoms with Crippen LogP contribution in [0.1, 0.15) is 0 Å². The Balaban J connectivity index is 2.49. The van der Waals surface area contributed by atoms with Crippen molar-refractivity contribution in [2.45, 2.75) is 0 Å². The normalized spacial score (nSPS) is 10.3. The molecule has 0 amide bonds. The molecule has 0 atom stereocenters. The topological polar surface area (TPSA) is 68.8 Å². The van der Waals surface area contributed by atoms with E-state index >= 15 is 0 Å². The molecule has 0 saturated heterocycles. The molecule has 0 aliphatic rings. The van der Waals surface area contributed by atoms with E-state index in [1.165, 1.54) is 0 Å². The summed E-state index contributed by atoms with van der Waals surface area (Å²) in [4.78, 5) is 0. The molecule has 0 aliphatic heterocycles. The molecule has 1 heterocycles. The summed E-state index contributed by atoms with van der Waals surface area (Å²) in [6.45, 7) is 0. The summed E-state index contributed by atoms with van der Waals surface area (Å²) in [7, 11) is 1.82. The Morgan fingerprint density at radius 1 is 1.40 bits per heavy atom. The molecular formula is C9H10ClN5. The Morgan fingerprint density at radius 3 is 2.80 bits per heavy atom. The number of halogens is 1. The lowest BCUT2D eigenvalue weighted by Gasteiger charge is -2.02. The Kier molecular flexibility index (Phi) is 2.57. The molecule has 1 aromatic carbocycles. The molecule has 6 heteroatoms. The van der Waals surface area contributed by atoms with Crippen LogP contribution >= 0.6 is 11.6 Å². The number of benzene rings is 1. The maximum Gasteiger partial charge on any atom is 0.238 e. The van der Waals surface area contributed by atoms with Crippen LogP contribution in [-0.2, 0) is 7.05 Å². The molecule has 15 heavy (non-hydrogen) atoms. The molecule has 0 saturated carbocycles. The Hall–Kier alpha value is -1.59. The average molecular weight is 224 g/mol. The number of hydrazine groups is 1. The van der Waals surface area contributed by atoms with Crippen molar-refractivity contribution in [1.29, 1.82) is 0 Å². The van der Waals surface area contributed by atoms with Crippen molar-refractivity contribution in [3.8, 4) is 11.4 Å². The lowest BCUT2D eigenvalue weighted by Crippen LogP contribution is -2.11. The zero-order chi connectivity index (χ0) is 10.8. The van der Waals surface area contributed by atoms with Gasteiger partial charge in [0.05, 0.1) is 0 Å². The summed E-state index contributed by atoms with van der Waals surface area (Å²) in [6, 6.07) is 7.41. The number of anilines is 1. The van der Waals surface area contributed by atoms with Crippen LogP contribution in [0, 0.1) is 0 Å². The SMILES string of the molecule is Cn1c(NN)nnc1-c1cccc(Cl)c1. The van der Waals surface area contributed by atoms with E-state index in [0.29, 0.717) is 16.8 Å². The monoisotopic (exact) mass is 223 g/mol. The molecule has 3 N–H and O–H groups in total. The zero-order valence-electron chi connectivity index (χ0n) is 8.11. The maximum absolute atomic E-state index is 5.89. The van der Waals surface area contributed by atoms with Crippen LogP contribution in [0.5, 0.6) is 0 Å². The Morgan fingerprint density at radius 2 is 2.20 bits per heavy atom. The van der Waals surface area contributed by atoms with Crippen LogP contribution in [0.15, 0.2) is 24.3 Å². The first-order valence-electron chi connectivity index (χ1n) is 4.34. The lowest BCUT2D eigenvalue weighted by atomic mass is 10.2. The van der Waals surface area contributed by atoms with Crippen molar-refractivity contribution in [3.05, 3.63) is 29.3 Å². The number of nitrogen functional groups attached to an aromatic ring is 1. The summed E-state index contributed by atoms with van der Waals surface area (Å²) in [5.74, 6) is 6.49. The first-order valence-corrected chi connectivity index (χ1v) is 4.72. The van der Waals surface area contributed by atoms with Gasteiger partial charge in [-0.3, -0.25) is 9.99 Å². The Bertz CT molecular complexity index is 479. The smallest absolute Gasteiger partial charge is 0.238 e. The molecule has 5 nitrogen and oxygen atoms in total. The molecule has 0 radical (unpaired) electrons. The molecule has 2 rings (SSSR count). The first-order chi connectivity index (χ1) is 7.22. The largest absolute Gasteiger partial charge is 0.296 e. The quantitative estimate of drug-likeness (QED) is 0.597. The molecule has 0 spiro atoms. The summed E-state index contributed by atoms with van der Waals surface area (Å²) in [5.41, 5.74) is 3.36. The van der Waals surface area contributed by atoms with Gasteiger partial charge in [0.1, 0.15) is 0 Å². The number of nitrogens with two attached hydrogens (primary N) is 1. The van der Waals surface area contributed by atoms with Gasteiger partial charge in [0, 0.05) is 17.6 Å². The molecule has 1 aromatic heterocycles. The third-order valence-corrected chi connectivity index (χ3v) is 2.32. The van der Waals surface area contributed by atoms with Crippen LogP contribution < -0.4 is 11.3 Å². The van der Waals surface area contributed by atoms with Gasteiger partial charge in [-0.2, -0.15) is 0 Å². The molecule has 0 unspecified atom stereocenters.